The molecule has 0 saturated carbocycles. The van der Waals surface area contributed by atoms with Gasteiger partial charge in [0.05, 0.1) is 6.61 Å². The van der Waals surface area contributed by atoms with Crippen molar-refractivity contribution in [2.75, 3.05) is 19.8 Å². The van der Waals surface area contributed by atoms with E-state index in [-0.39, 0.29) is 18.8 Å². The molecule has 0 spiro atoms. The van der Waals surface area contributed by atoms with Crippen LogP contribution in [0.1, 0.15) is 22.0 Å². The molecule has 1 heterocycles. The molecule has 0 aliphatic rings. The minimum Gasteiger partial charge on any atom is -0.480 e. The van der Waals surface area contributed by atoms with Gasteiger partial charge in [0, 0.05) is 12.2 Å². The van der Waals surface area contributed by atoms with Crippen LogP contribution >= 0.6 is 0 Å². The van der Waals surface area contributed by atoms with Crippen LogP contribution in [-0.2, 0) is 15.7 Å². The molecule has 1 aromatic rings. The van der Waals surface area contributed by atoms with Crippen LogP contribution in [0.25, 0.3) is 0 Å². The molecule has 0 atom stereocenters. The van der Waals surface area contributed by atoms with Gasteiger partial charge in [-0.3, -0.25) is 4.79 Å². The van der Waals surface area contributed by atoms with Crippen molar-refractivity contribution in [3.63, 3.8) is 0 Å². The number of halogens is 3. The summed E-state index contributed by atoms with van der Waals surface area (Å²) in [4.78, 5) is 28.1. The Morgan fingerprint density at radius 2 is 2.05 bits per heavy atom. The number of hydrogen-bond acceptors (Lipinski definition) is 5. The van der Waals surface area contributed by atoms with E-state index < -0.39 is 36.2 Å². The van der Waals surface area contributed by atoms with Gasteiger partial charge in [0.2, 0.25) is 5.82 Å². The van der Waals surface area contributed by atoms with Crippen molar-refractivity contribution < 1.29 is 32.6 Å². The highest BCUT2D eigenvalue weighted by atomic mass is 19.4. The zero-order valence-corrected chi connectivity index (χ0v) is 10.9. The maximum absolute atomic E-state index is 12.5. The Kier molecular flexibility index (Phi) is 5.59. The van der Waals surface area contributed by atoms with E-state index in [0.29, 0.717) is 0 Å². The second-order valence-corrected chi connectivity index (χ2v) is 3.92. The number of carbonyl (C=O) groups excluding carboxylic acids is 1. The molecule has 2 N–H and O–H groups in total. The molecule has 1 amide bonds. The third-order valence-electron chi connectivity index (χ3n) is 2.10. The highest BCUT2D eigenvalue weighted by Crippen LogP contribution is 2.26. The number of carbonyl (C=O) groups is 2. The maximum atomic E-state index is 12.5. The SMILES string of the molecule is Cc1cc(C(=O)NCCOCC(=O)O)nc(C(F)(F)F)n1. The fourth-order valence-corrected chi connectivity index (χ4v) is 1.30. The highest BCUT2D eigenvalue weighted by molar-refractivity contribution is 5.92. The van der Waals surface area contributed by atoms with Gasteiger partial charge in [0.1, 0.15) is 12.3 Å². The molecular weight excluding hydrogens is 295 g/mol. The third kappa shape index (κ3) is 5.73. The fourth-order valence-electron chi connectivity index (χ4n) is 1.30. The average Bonchev–Trinajstić information content (AvgIpc) is 2.36. The molecule has 0 unspecified atom stereocenters. The van der Waals surface area contributed by atoms with Gasteiger partial charge in [-0.05, 0) is 13.0 Å². The van der Waals surface area contributed by atoms with Crippen molar-refractivity contribution in [3.8, 4) is 0 Å². The third-order valence-corrected chi connectivity index (χ3v) is 2.10. The maximum Gasteiger partial charge on any atom is 0.451 e. The number of carboxylic acid groups (broad SMARTS) is 1. The molecular formula is C11H12F3N3O4. The first-order valence-electron chi connectivity index (χ1n) is 5.71. The van der Waals surface area contributed by atoms with E-state index in [9.17, 15) is 22.8 Å². The number of nitrogens with zero attached hydrogens (tertiary/aromatic N) is 2. The molecule has 0 aliphatic heterocycles. The monoisotopic (exact) mass is 307 g/mol. The van der Waals surface area contributed by atoms with Gasteiger partial charge in [-0.25, -0.2) is 14.8 Å². The van der Waals surface area contributed by atoms with Gasteiger partial charge in [-0.15, -0.1) is 0 Å². The number of ether oxygens (including phenoxy) is 1. The van der Waals surface area contributed by atoms with Crippen LogP contribution in [0.15, 0.2) is 6.07 Å². The number of hydrogen-bond donors (Lipinski definition) is 2. The number of aryl methyl sites for hydroxylation is 1. The normalized spacial score (nSPS) is 11.2. The predicted molar refractivity (Wildman–Crippen MR) is 62.6 cm³/mol. The lowest BCUT2D eigenvalue weighted by atomic mass is 10.3. The standard InChI is InChI=1S/C11H12F3N3O4/c1-6-4-7(17-10(16-6)11(12,13)14)9(20)15-2-3-21-5-8(18)19/h4H,2-3,5H2,1H3,(H,15,20)(H,18,19). The van der Waals surface area contributed by atoms with Gasteiger partial charge < -0.3 is 15.2 Å². The van der Waals surface area contributed by atoms with Gasteiger partial charge in [-0.2, -0.15) is 13.2 Å². The average molecular weight is 307 g/mol. The van der Waals surface area contributed by atoms with E-state index in [2.05, 4.69) is 20.0 Å². The number of aromatic nitrogens is 2. The van der Waals surface area contributed by atoms with Gasteiger partial charge in [0.15, 0.2) is 0 Å². The fraction of sp³-hybridized carbons (Fsp3) is 0.455. The molecule has 21 heavy (non-hydrogen) atoms. The van der Waals surface area contributed by atoms with E-state index in [1.54, 1.807) is 0 Å². The van der Waals surface area contributed by atoms with Crippen molar-refractivity contribution in [1.82, 2.24) is 15.3 Å². The Balaban J connectivity index is 2.62. The van der Waals surface area contributed by atoms with Crippen molar-refractivity contribution in [1.29, 1.82) is 0 Å². The number of aliphatic carboxylic acids is 1. The van der Waals surface area contributed by atoms with Crippen LogP contribution in [0.4, 0.5) is 13.2 Å². The minimum atomic E-state index is -4.74. The number of alkyl halides is 3. The van der Waals surface area contributed by atoms with E-state index in [0.717, 1.165) is 6.07 Å². The van der Waals surface area contributed by atoms with Crippen LogP contribution in [0.2, 0.25) is 0 Å². The summed E-state index contributed by atoms with van der Waals surface area (Å²) in [6, 6.07) is 1.11. The lowest BCUT2D eigenvalue weighted by molar-refractivity contribution is -0.145. The van der Waals surface area contributed by atoms with Gasteiger partial charge in [-0.1, -0.05) is 0 Å². The molecule has 0 fully saturated rings. The van der Waals surface area contributed by atoms with Crippen LogP contribution in [0.3, 0.4) is 0 Å². The minimum absolute atomic E-state index is 0.00426. The first kappa shape index (κ1) is 16.8. The summed E-state index contributed by atoms with van der Waals surface area (Å²) in [5.41, 5.74) is -0.419. The Hall–Kier alpha value is -2.23. The summed E-state index contributed by atoms with van der Waals surface area (Å²) < 4.78 is 42.2. The molecule has 1 rings (SSSR count). The van der Waals surface area contributed by atoms with Crippen LogP contribution < -0.4 is 5.32 Å². The lowest BCUT2D eigenvalue weighted by Gasteiger charge is -2.09. The summed E-state index contributed by atoms with van der Waals surface area (Å²) in [6.45, 7) is 0.634. The summed E-state index contributed by atoms with van der Waals surface area (Å²) in [5, 5.41) is 10.6. The second-order valence-electron chi connectivity index (χ2n) is 3.92. The Morgan fingerprint density at radius 1 is 1.38 bits per heavy atom. The molecule has 0 radical (unpaired) electrons. The van der Waals surface area contributed by atoms with Gasteiger partial charge >= 0.3 is 12.1 Å². The van der Waals surface area contributed by atoms with E-state index in [1.807, 2.05) is 0 Å². The zero-order valence-electron chi connectivity index (χ0n) is 10.9. The van der Waals surface area contributed by atoms with E-state index in [4.69, 9.17) is 5.11 Å². The van der Waals surface area contributed by atoms with Crippen molar-refractivity contribution in [2.24, 2.45) is 0 Å². The zero-order chi connectivity index (χ0) is 16.0. The summed E-state index contributed by atoms with van der Waals surface area (Å²) in [6.07, 6.45) is -4.74. The number of rotatable bonds is 6. The summed E-state index contributed by atoms with van der Waals surface area (Å²) in [7, 11) is 0. The smallest absolute Gasteiger partial charge is 0.451 e. The molecule has 7 nitrogen and oxygen atoms in total. The number of nitrogens with one attached hydrogen (secondary N) is 1. The quantitative estimate of drug-likeness (QED) is 0.748. The molecule has 0 bridgehead atoms. The van der Waals surface area contributed by atoms with Crippen LogP contribution in [0, 0.1) is 6.92 Å². The number of carboxylic acids is 1. The first-order valence-corrected chi connectivity index (χ1v) is 5.71. The largest absolute Gasteiger partial charge is 0.480 e. The van der Waals surface area contributed by atoms with Gasteiger partial charge in [0.25, 0.3) is 5.91 Å². The van der Waals surface area contributed by atoms with Crippen LogP contribution in [0.5, 0.6) is 0 Å². The molecule has 0 saturated heterocycles. The molecule has 10 heteroatoms. The Bertz CT molecular complexity index is 534. The summed E-state index contributed by atoms with van der Waals surface area (Å²) >= 11 is 0. The lowest BCUT2D eigenvalue weighted by Crippen LogP contribution is -2.29. The second kappa shape index (κ2) is 6.97. The predicted octanol–water partition coefficient (Wildman–Crippen LogP) is 0.635. The molecule has 0 aliphatic carbocycles. The first-order chi connectivity index (χ1) is 9.70. The number of amides is 1. The van der Waals surface area contributed by atoms with Crippen molar-refractivity contribution in [2.45, 2.75) is 13.1 Å². The highest BCUT2D eigenvalue weighted by Gasteiger charge is 2.35. The van der Waals surface area contributed by atoms with Crippen molar-refractivity contribution >= 4 is 11.9 Å². The van der Waals surface area contributed by atoms with E-state index in [1.165, 1.54) is 6.92 Å². The summed E-state index contributed by atoms with van der Waals surface area (Å²) in [5.74, 6) is -3.39. The van der Waals surface area contributed by atoms with Crippen LogP contribution in [-0.4, -0.2) is 46.7 Å². The van der Waals surface area contributed by atoms with E-state index >= 15 is 0 Å². The topological polar surface area (TPSA) is 101 Å². The molecule has 0 aromatic carbocycles. The Morgan fingerprint density at radius 3 is 2.62 bits per heavy atom. The molecule has 1 aromatic heterocycles. The molecule has 116 valence electrons. The Labute approximate surface area is 117 Å². The van der Waals surface area contributed by atoms with Crippen molar-refractivity contribution in [3.05, 3.63) is 23.3 Å².